The molecule has 1 N–H and O–H groups in total. The maximum absolute atomic E-state index is 3.52. The van der Waals surface area contributed by atoms with Crippen LogP contribution in [0.2, 0.25) is 0 Å². The number of nitrogens with one attached hydrogen (secondary N) is 1. The normalized spacial score (nSPS) is 22.2. The first-order chi connectivity index (χ1) is 8.03. The van der Waals surface area contributed by atoms with Crippen molar-refractivity contribution < 1.29 is 0 Å². The Kier molecular flexibility index (Phi) is 5.94. The largest absolute Gasteiger partial charge is 0.314 e. The molecule has 0 aromatic carbocycles. The molecular weight excluding hydrogens is 208 g/mol. The van der Waals surface area contributed by atoms with Crippen LogP contribution in [0.1, 0.15) is 60.3 Å². The Bertz CT molecular complexity index is 209. The molecule has 17 heavy (non-hydrogen) atoms. The van der Waals surface area contributed by atoms with E-state index in [-0.39, 0.29) is 0 Å². The third kappa shape index (κ3) is 4.26. The molecule has 0 aromatic heterocycles. The first kappa shape index (κ1) is 15.0. The fraction of sp³-hybridized carbons (Fsp3) is 1.00. The molecule has 0 aromatic rings. The molecule has 1 saturated heterocycles. The molecule has 102 valence electrons. The van der Waals surface area contributed by atoms with Gasteiger partial charge in [0.15, 0.2) is 0 Å². The van der Waals surface area contributed by atoms with E-state index in [2.05, 4.69) is 44.8 Å². The lowest BCUT2D eigenvalue weighted by atomic mass is 9.82. The Morgan fingerprint density at radius 2 is 1.82 bits per heavy atom. The van der Waals surface area contributed by atoms with Crippen molar-refractivity contribution >= 4 is 0 Å². The van der Waals surface area contributed by atoms with E-state index in [0.717, 1.165) is 12.6 Å². The maximum atomic E-state index is 3.52. The molecule has 0 spiro atoms. The van der Waals surface area contributed by atoms with Crippen molar-refractivity contribution in [2.75, 3.05) is 19.6 Å². The summed E-state index contributed by atoms with van der Waals surface area (Å²) in [6.45, 7) is 15.3. The van der Waals surface area contributed by atoms with Crippen LogP contribution in [0, 0.1) is 5.41 Å². The van der Waals surface area contributed by atoms with Gasteiger partial charge < -0.3 is 10.2 Å². The SMILES string of the molecule is CCC1(CC)CCN(C(C)CCNC(C)C)C1. The van der Waals surface area contributed by atoms with Crippen molar-refractivity contribution in [3.05, 3.63) is 0 Å². The molecule has 1 fully saturated rings. The van der Waals surface area contributed by atoms with Crippen LogP contribution in [0.15, 0.2) is 0 Å². The second kappa shape index (κ2) is 6.75. The molecule has 1 unspecified atom stereocenters. The van der Waals surface area contributed by atoms with Crippen LogP contribution in [0.25, 0.3) is 0 Å². The molecule has 0 bridgehead atoms. The van der Waals surface area contributed by atoms with Gasteiger partial charge in [-0.05, 0) is 51.1 Å². The van der Waals surface area contributed by atoms with Gasteiger partial charge in [0.25, 0.3) is 0 Å². The monoisotopic (exact) mass is 240 g/mol. The van der Waals surface area contributed by atoms with Gasteiger partial charge in [-0.2, -0.15) is 0 Å². The van der Waals surface area contributed by atoms with Crippen molar-refractivity contribution in [2.24, 2.45) is 5.41 Å². The summed E-state index contributed by atoms with van der Waals surface area (Å²) in [7, 11) is 0. The zero-order valence-electron chi connectivity index (χ0n) is 12.6. The molecule has 0 saturated carbocycles. The third-order valence-corrected chi connectivity index (χ3v) is 4.71. The number of hydrogen-bond donors (Lipinski definition) is 1. The van der Waals surface area contributed by atoms with Gasteiger partial charge in [0.2, 0.25) is 0 Å². The highest BCUT2D eigenvalue weighted by Gasteiger charge is 2.36. The average molecular weight is 240 g/mol. The van der Waals surface area contributed by atoms with Gasteiger partial charge in [0, 0.05) is 18.6 Å². The predicted octanol–water partition coefficient (Wildman–Crippen LogP) is 3.28. The van der Waals surface area contributed by atoms with Crippen LogP contribution < -0.4 is 5.32 Å². The summed E-state index contributed by atoms with van der Waals surface area (Å²) in [6.07, 6.45) is 5.37. The fourth-order valence-corrected chi connectivity index (χ4v) is 2.94. The smallest absolute Gasteiger partial charge is 0.00792 e. The van der Waals surface area contributed by atoms with Crippen molar-refractivity contribution in [1.82, 2.24) is 10.2 Å². The second-order valence-corrected chi connectivity index (χ2v) is 6.17. The molecule has 1 aliphatic rings. The Hall–Kier alpha value is -0.0800. The first-order valence-corrected chi connectivity index (χ1v) is 7.50. The zero-order chi connectivity index (χ0) is 12.9. The molecule has 1 rings (SSSR count). The van der Waals surface area contributed by atoms with Gasteiger partial charge in [-0.3, -0.25) is 0 Å². The van der Waals surface area contributed by atoms with Crippen LogP contribution in [-0.4, -0.2) is 36.6 Å². The van der Waals surface area contributed by atoms with Crippen molar-refractivity contribution in [3.8, 4) is 0 Å². The molecule has 0 radical (unpaired) electrons. The number of rotatable bonds is 7. The second-order valence-electron chi connectivity index (χ2n) is 6.17. The quantitative estimate of drug-likeness (QED) is 0.735. The minimum atomic E-state index is 0.617. The minimum absolute atomic E-state index is 0.617. The first-order valence-electron chi connectivity index (χ1n) is 7.50. The summed E-state index contributed by atoms with van der Waals surface area (Å²) < 4.78 is 0. The van der Waals surface area contributed by atoms with Gasteiger partial charge in [-0.25, -0.2) is 0 Å². The van der Waals surface area contributed by atoms with Crippen molar-refractivity contribution in [1.29, 1.82) is 0 Å². The summed E-state index contributed by atoms with van der Waals surface area (Å²) in [5, 5.41) is 3.52. The van der Waals surface area contributed by atoms with E-state index in [1.54, 1.807) is 0 Å². The Morgan fingerprint density at radius 3 is 2.29 bits per heavy atom. The predicted molar refractivity (Wildman–Crippen MR) is 76.4 cm³/mol. The average Bonchev–Trinajstić information content (AvgIpc) is 2.73. The molecule has 2 nitrogen and oxygen atoms in total. The topological polar surface area (TPSA) is 15.3 Å². The summed E-state index contributed by atoms with van der Waals surface area (Å²) in [6, 6.07) is 1.35. The van der Waals surface area contributed by atoms with Crippen LogP contribution in [0.4, 0.5) is 0 Å². The zero-order valence-corrected chi connectivity index (χ0v) is 12.6. The van der Waals surface area contributed by atoms with Gasteiger partial charge in [0.05, 0.1) is 0 Å². The van der Waals surface area contributed by atoms with Crippen LogP contribution in [0.3, 0.4) is 0 Å². The number of hydrogen-bond acceptors (Lipinski definition) is 2. The molecule has 2 heteroatoms. The lowest BCUT2D eigenvalue weighted by molar-refractivity contribution is 0.195. The molecule has 0 aliphatic carbocycles. The fourth-order valence-electron chi connectivity index (χ4n) is 2.94. The lowest BCUT2D eigenvalue weighted by Crippen LogP contribution is -2.36. The standard InChI is InChI=1S/C15H32N2/c1-6-15(7-2)9-11-17(12-15)14(5)8-10-16-13(3)4/h13-14,16H,6-12H2,1-5H3. The van der Waals surface area contributed by atoms with Gasteiger partial charge in [0.1, 0.15) is 0 Å². The van der Waals surface area contributed by atoms with E-state index >= 15 is 0 Å². The molecular formula is C15H32N2. The van der Waals surface area contributed by atoms with Crippen LogP contribution >= 0.6 is 0 Å². The van der Waals surface area contributed by atoms with E-state index in [4.69, 9.17) is 0 Å². The van der Waals surface area contributed by atoms with Gasteiger partial charge in [-0.15, -0.1) is 0 Å². The Balaban J connectivity index is 2.32. The summed E-state index contributed by atoms with van der Waals surface area (Å²) >= 11 is 0. The number of nitrogens with zero attached hydrogens (tertiary/aromatic N) is 1. The Morgan fingerprint density at radius 1 is 1.18 bits per heavy atom. The summed E-state index contributed by atoms with van der Waals surface area (Å²) in [5.41, 5.74) is 0.625. The van der Waals surface area contributed by atoms with Crippen LogP contribution in [-0.2, 0) is 0 Å². The number of likely N-dealkylation sites (tertiary alicyclic amines) is 1. The minimum Gasteiger partial charge on any atom is -0.314 e. The lowest BCUT2D eigenvalue weighted by Gasteiger charge is -2.29. The van der Waals surface area contributed by atoms with E-state index in [9.17, 15) is 0 Å². The molecule has 1 atom stereocenters. The van der Waals surface area contributed by atoms with Crippen molar-refractivity contribution in [2.45, 2.75) is 72.4 Å². The van der Waals surface area contributed by atoms with E-state index < -0.39 is 0 Å². The third-order valence-electron chi connectivity index (χ3n) is 4.71. The molecule has 0 amide bonds. The Labute approximate surface area is 108 Å². The van der Waals surface area contributed by atoms with Crippen LogP contribution in [0.5, 0.6) is 0 Å². The maximum Gasteiger partial charge on any atom is 0.00792 e. The molecule has 1 heterocycles. The highest BCUT2D eigenvalue weighted by molar-refractivity contribution is 4.89. The highest BCUT2D eigenvalue weighted by atomic mass is 15.2. The summed E-state index contributed by atoms with van der Waals surface area (Å²) in [4.78, 5) is 2.70. The summed E-state index contributed by atoms with van der Waals surface area (Å²) in [5.74, 6) is 0. The van der Waals surface area contributed by atoms with E-state index in [1.807, 2.05) is 0 Å². The van der Waals surface area contributed by atoms with E-state index in [1.165, 1.54) is 38.8 Å². The van der Waals surface area contributed by atoms with Crippen molar-refractivity contribution in [3.63, 3.8) is 0 Å². The highest BCUT2D eigenvalue weighted by Crippen LogP contribution is 2.37. The van der Waals surface area contributed by atoms with Gasteiger partial charge >= 0.3 is 0 Å². The van der Waals surface area contributed by atoms with Gasteiger partial charge in [-0.1, -0.05) is 27.7 Å². The molecule has 1 aliphatic heterocycles. The van der Waals surface area contributed by atoms with E-state index in [0.29, 0.717) is 11.5 Å².